The average Bonchev–Trinajstić information content (AvgIpc) is 2.39. The van der Waals surface area contributed by atoms with E-state index in [9.17, 15) is 0 Å². The number of anilines is 1. The highest BCUT2D eigenvalue weighted by molar-refractivity contribution is 7.80. The van der Waals surface area contributed by atoms with Crippen molar-refractivity contribution >= 4 is 23.0 Å². The van der Waals surface area contributed by atoms with Crippen LogP contribution in [0.25, 0.3) is 0 Å². The minimum atomic E-state index is 0.407. The molecule has 0 aliphatic rings. The van der Waals surface area contributed by atoms with Crippen molar-refractivity contribution < 1.29 is 4.74 Å². The third kappa shape index (κ3) is 6.43. The average molecular weight is 280 g/mol. The molecule has 0 spiro atoms. The van der Waals surface area contributed by atoms with Gasteiger partial charge in [0.25, 0.3) is 0 Å². The van der Waals surface area contributed by atoms with Gasteiger partial charge in [0, 0.05) is 11.7 Å². The molecule has 1 rings (SSSR count). The predicted octanol–water partition coefficient (Wildman–Crippen LogP) is 3.95. The fraction of sp³-hybridized carbons (Fsp3) is 0.533. The fourth-order valence-corrected chi connectivity index (χ4v) is 2.16. The maximum atomic E-state index is 5.30. The van der Waals surface area contributed by atoms with E-state index in [1.165, 1.54) is 19.3 Å². The molecule has 1 atom stereocenters. The molecule has 0 heterocycles. The third-order valence-electron chi connectivity index (χ3n) is 2.97. The van der Waals surface area contributed by atoms with Crippen molar-refractivity contribution in [3.63, 3.8) is 0 Å². The molecule has 0 radical (unpaired) electrons. The van der Waals surface area contributed by atoms with Crippen LogP contribution in [0.15, 0.2) is 24.3 Å². The Kier molecular flexibility index (Phi) is 7.26. The number of methoxy groups -OCH3 is 1. The van der Waals surface area contributed by atoms with E-state index in [1.807, 2.05) is 24.3 Å². The minimum Gasteiger partial charge on any atom is -0.497 e. The highest BCUT2D eigenvalue weighted by Crippen LogP contribution is 2.14. The quantitative estimate of drug-likeness (QED) is 0.585. The van der Waals surface area contributed by atoms with Gasteiger partial charge in [-0.15, -0.1) is 0 Å². The number of unbranched alkanes of at least 4 members (excludes halogenated alkanes) is 2. The summed E-state index contributed by atoms with van der Waals surface area (Å²) in [5.74, 6) is 0.845. The topological polar surface area (TPSA) is 33.3 Å². The maximum absolute atomic E-state index is 5.30. The van der Waals surface area contributed by atoms with Gasteiger partial charge in [-0.25, -0.2) is 0 Å². The molecule has 0 unspecified atom stereocenters. The number of rotatable bonds is 7. The summed E-state index contributed by atoms with van der Waals surface area (Å²) < 4.78 is 5.12. The Bertz CT molecular complexity index is 378. The summed E-state index contributed by atoms with van der Waals surface area (Å²) in [6.07, 6.45) is 4.93. The minimum absolute atomic E-state index is 0.407. The first-order valence-corrected chi connectivity index (χ1v) is 7.28. The van der Waals surface area contributed by atoms with Crippen LogP contribution in [0.5, 0.6) is 5.75 Å². The van der Waals surface area contributed by atoms with Gasteiger partial charge in [-0.1, -0.05) is 26.2 Å². The van der Waals surface area contributed by atoms with Gasteiger partial charge in [-0.05, 0) is 49.8 Å². The van der Waals surface area contributed by atoms with Gasteiger partial charge in [0.05, 0.1) is 7.11 Å². The van der Waals surface area contributed by atoms with Crippen molar-refractivity contribution in [2.45, 2.75) is 45.6 Å². The fourth-order valence-electron chi connectivity index (χ4n) is 1.84. The lowest BCUT2D eigenvalue weighted by molar-refractivity contribution is 0.415. The molecular formula is C15H24N2OS. The smallest absolute Gasteiger partial charge is 0.170 e. The van der Waals surface area contributed by atoms with Crippen LogP contribution in [0.3, 0.4) is 0 Å². The molecule has 0 aromatic heterocycles. The largest absolute Gasteiger partial charge is 0.497 e. The normalized spacial score (nSPS) is 11.7. The molecule has 0 saturated carbocycles. The molecule has 0 amide bonds. The van der Waals surface area contributed by atoms with Crippen molar-refractivity contribution in [3.05, 3.63) is 24.3 Å². The lowest BCUT2D eigenvalue weighted by Gasteiger charge is -2.17. The zero-order chi connectivity index (χ0) is 14.1. The Morgan fingerprint density at radius 1 is 1.26 bits per heavy atom. The van der Waals surface area contributed by atoms with E-state index in [2.05, 4.69) is 24.5 Å². The molecular weight excluding hydrogens is 256 g/mol. The molecule has 19 heavy (non-hydrogen) atoms. The molecule has 4 heteroatoms. The molecule has 1 aromatic rings. The summed E-state index contributed by atoms with van der Waals surface area (Å²) >= 11 is 5.30. The van der Waals surface area contributed by atoms with Crippen LogP contribution in [0.4, 0.5) is 5.69 Å². The standard InChI is InChI=1S/C15H24N2OS/c1-4-5-6-7-12(2)16-15(19)17-13-8-10-14(18-3)11-9-13/h8-12H,4-7H2,1-3H3,(H2,16,17,19)/t12-/m0/s1. The zero-order valence-corrected chi connectivity index (χ0v) is 12.8. The lowest BCUT2D eigenvalue weighted by Crippen LogP contribution is -2.35. The van der Waals surface area contributed by atoms with E-state index in [1.54, 1.807) is 7.11 Å². The number of thiocarbonyl (C=S) groups is 1. The summed E-state index contributed by atoms with van der Waals surface area (Å²) in [4.78, 5) is 0. The summed E-state index contributed by atoms with van der Waals surface area (Å²) in [7, 11) is 1.66. The van der Waals surface area contributed by atoms with Crippen LogP contribution < -0.4 is 15.4 Å². The summed E-state index contributed by atoms with van der Waals surface area (Å²) in [6.45, 7) is 4.38. The molecule has 106 valence electrons. The van der Waals surface area contributed by atoms with E-state index < -0.39 is 0 Å². The maximum Gasteiger partial charge on any atom is 0.170 e. The Morgan fingerprint density at radius 2 is 1.95 bits per heavy atom. The van der Waals surface area contributed by atoms with Crippen LogP contribution in [-0.2, 0) is 0 Å². The molecule has 0 aliphatic heterocycles. The monoisotopic (exact) mass is 280 g/mol. The Balaban J connectivity index is 2.33. The van der Waals surface area contributed by atoms with E-state index in [0.29, 0.717) is 11.2 Å². The number of ether oxygens (including phenoxy) is 1. The molecule has 1 aromatic carbocycles. The molecule has 3 nitrogen and oxygen atoms in total. The number of hydrogen-bond acceptors (Lipinski definition) is 2. The SMILES string of the molecule is CCCCC[C@H](C)NC(=S)Nc1ccc(OC)cc1. The highest BCUT2D eigenvalue weighted by Gasteiger charge is 2.04. The lowest BCUT2D eigenvalue weighted by atomic mass is 10.1. The van der Waals surface area contributed by atoms with Crippen molar-refractivity contribution in [1.29, 1.82) is 0 Å². The summed E-state index contributed by atoms with van der Waals surface area (Å²) in [5, 5.41) is 7.16. The van der Waals surface area contributed by atoms with Gasteiger partial charge < -0.3 is 15.4 Å². The van der Waals surface area contributed by atoms with Gasteiger partial charge in [0.1, 0.15) is 5.75 Å². The predicted molar refractivity (Wildman–Crippen MR) is 86.0 cm³/mol. The third-order valence-corrected chi connectivity index (χ3v) is 3.19. The Labute approximate surface area is 121 Å². The van der Waals surface area contributed by atoms with E-state index in [4.69, 9.17) is 17.0 Å². The first-order valence-electron chi connectivity index (χ1n) is 6.87. The van der Waals surface area contributed by atoms with E-state index in [0.717, 1.165) is 17.9 Å². The van der Waals surface area contributed by atoms with Crippen LogP contribution in [0.1, 0.15) is 39.5 Å². The molecule has 0 fully saturated rings. The second kappa shape index (κ2) is 8.75. The molecule has 2 N–H and O–H groups in total. The van der Waals surface area contributed by atoms with Crippen molar-refractivity contribution in [2.75, 3.05) is 12.4 Å². The Hall–Kier alpha value is -1.29. The number of hydrogen-bond donors (Lipinski definition) is 2. The molecule has 0 aliphatic carbocycles. The van der Waals surface area contributed by atoms with Crippen LogP contribution in [0, 0.1) is 0 Å². The summed E-state index contributed by atoms with van der Waals surface area (Å²) in [5.41, 5.74) is 0.971. The van der Waals surface area contributed by atoms with E-state index in [-0.39, 0.29) is 0 Å². The van der Waals surface area contributed by atoms with Crippen LogP contribution >= 0.6 is 12.2 Å². The van der Waals surface area contributed by atoms with Gasteiger partial charge in [-0.3, -0.25) is 0 Å². The first kappa shape index (κ1) is 15.8. The first-order chi connectivity index (χ1) is 9.15. The van der Waals surface area contributed by atoms with Gasteiger partial charge in [0.2, 0.25) is 0 Å². The second-order valence-electron chi connectivity index (χ2n) is 4.72. The second-order valence-corrected chi connectivity index (χ2v) is 5.13. The van der Waals surface area contributed by atoms with Crippen molar-refractivity contribution in [3.8, 4) is 5.75 Å². The highest BCUT2D eigenvalue weighted by atomic mass is 32.1. The van der Waals surface area contributed by atoms with Crippen LogP contribution in [-0.4, -0.2) is 18.3 Å². The van der Waals surface area contributed by atoms with Gasteiger partial charge in [0.15, 0.2) is 5.11 Å². The van der Waals surface area contributed by atoms with Gasteiger partial charge >= 0.3 is 0 Å². The van der Waals surface area contributed by atoms with Crippen molar-refractivity contribution in [2.24, 2.45) is 0 Å². The Morgan fingerprint density at radius 3 is 2.53 bits per heavy atom. The summed E-state index contributed by atoms with van der Waals surface area (Å²) in [6, 6.07) is 8.14. The van der Waals surface area contributed by atoms with Crippen molar-refractivity contribution in [1.82, 2.24) is 5.32 Å². The van der Waals surface area contributed by atoms with Crippen LogP contribution in [0.2, 0.25) is 0 Å². The molecule has 0 bridgehead atoms. The van der Waals surface area contributed by atoms with E-state index >= 15 is 0 Å². The number of benzene rings is 1. The van der Waals surface area contributed by atoms with Gasteiger partial charge in [-0.2, -0.15) is 0 Å². The number of nitrogens with one attached hydrogen (secondary N) is 2. The zero-order valence-electron chi connectivity index (χ0n) is 12.0. The molecule has 0 saturated heterocycles.